The Hall–Kier alpha value is -1.30. The Kier molecular flexibility index (Phi) is 6.95. The summed E-state index contributed by atoms with van der Waals surface area (Å²) in [7, 11) is 0. The predicted molar refractivity (Wildman–Crippen MR) is 79.6 cm³/mol. The van der Waals surface area contributed by atoms with Gasteiger partial charge < -0.3 is 14.8 Å². The summed E-state index contributed by atoms with van der Waals surface area (Å²) in [5, 5.41) is 6.42. The van der Waals surface area contributed by atoms with Crippen LogP contribution in [0.1, 0.15) is 46.5 Å². The molecule has 0 aromatic heterocycles. The molecule has 0 saturated carbocycles. The van der Waals surface area contributed by atoms with Crippen molar-refractivity contribution >= 4 is 5.91 Å². The minimum absolute atomic E-state index is 0.0212. The van der Waals surface area contributed by atoms with Gasteiger partial charge in [-0.1, -0.05) is 18.0 Å². The molecule has 0 aromatic rings. The number of nitrogens with one attached hydrogen (secondary N) is 1. The second-order valence-electron chi connectivity index (χ2n) is 6.16. The van der Waals surface area contributed by atoms with Crippen LogP contribution < -0.4 is 5.32 Å². The molecule has 0 bridgehead atoms. The highest BCUT2D eigenvalue weighted by molar-refractivity contribution is 5.82. The van der Waals surface area contributed by atoms with Crippen molar-refractivity contribution in [2.75, 3.05) is 26.3 Å². The lowest BCUT2D eigenvalue weighted by molar-refractivity contribution is -0.277. The van der Waals surface area contributed by atoms with Crippen molar-refractivity contribution < 1.29 is 14.3 Å². The number of rotatable bonds is 8. The van der Waals surface area contributed by atoms with E-state index in [1.165, 1.54) is 0 Å². The molecule has 0 atom stereocenters. The Morgan fingerprint density at radius 1 is 1.19 bits per heavy atom. The predicted octanol–water partition coefficient (Wildman–Crippen LogP) is 2.76. The number of ether oxygens (including phenoxy) is 2. The van der Waals surface area contributed by atoms with Gasteiger partial charge in [-0.3, -0.25) is 4.79 Å². The quantitative estimate of drug-likeness (QED) is 0.323. The van der Waals surface area contributed by atoms with Gasteiger partial charge in [0.2, 0.25) is 5.91 Å². The zero-order chi connectivity index (χ0) is 15.8. The fourth-order valence-corrected chi connectivity index (χ4v) is 2.00. The van der Waals surface area contributed by atoms with Crippen LogP contribution in [0.25, 0.3) is 10.4 Å². The second kappa shape index (κ2) is 8.22. The number of nitrogens with zero attached hydrogens (tertiary/aromatic N) is 3. The lowest BCUT2D eigenvalue weighted by Crippen LogP contribution is -2.52. The van der Waals surface area contributed by atoms with Crippen LogP contribution in [-0.4, -0.2) is 38.0 Å². The highest BCUT2D eigenvalue weighted by atomic mass is 16.7. The lowest BCUT2D eigenvalue weighted by Gasteiger charge is -2.40. The third kappa shape index (κ3) is 6.33. The van der Waals surface area contributed by atoms with Crippen molar-refractivity contribution in [3.63, 3.8) is 0 Å². The van der Waals surface area contributed by atoms with E-state index >= 15 is 0 Å². The molecule has 21 heavy (non-hydrogen) atoms. The number of azide groups is 1. The summed E-state index contributed by atoms with van der Waals surface area (Å²) in [5.41, 5.74) is 7.52. The normalized spacial score (nSPS) is 19.6. The van der Waals surface area contributed by atoms with Crippen LogP contribution in [0.15, 0.2) is 5.11 Å². The van der Waals surface area contributed by atoms with Crippen LogP contribution in [0.5, 0.6) is 0 Å². The number of hydrogen-bond acceptors (Lipinski definition) is 4. The summed E-state index contributed by atoms with van der Waals surface area (Å²) >= 11 is 0. The standard InChI is InChI=1S/C14H26N4O3/c1-13(2)20-10-14(3,11-21-13)12(19)16-8-6-4-5-7-9-17-18-15/h4-11H2,1-3H3,(H,16,19). The van der Waals surface area contributed by atoms with Crippen LogP contribution in [-0.2, 0) is 14.3 Å². The Morgan fingerprint density at radius 3 is 2.43 bits per heavy atom. The first kappa shape index (κ1) is 17.8. The highest BCUT2D eigenvalue weighted by Crippen LogP contribution is 2.29. The average molecular weight is 298 g/mol. The average Bonchev–Trinajstić information content (AvgIpc) is 2.45. The van der Waals surface area contributed by atoms with Crippen LogP contribution in [0.2, 0.25) is 0 Å². The molecule has 1 fully saturated rings. The Labute approximate surface area is 126 Å². The molecular formula is C14H26N4O3. The molecule has 0 aromatic carbocycles. The van der Waals surface area contributed by atoms with Crippen LogP contribution in [0, 0.1) is 5.41 Å². The lowest BCUT2D eigenvalue weighted by atomic mass is 9.90. The van der Waals surface area contributed by atoms with E-state index < -0.39 is 11.2 Å². The summed E-state index contributed by atoms with van der Waals surface area (Å²) < 4.78 is 11.1. The van der Waals surface area contributed by atoms with E-state index in [1.54, 1.807) is 0 Å². The summed E-state index contributed by atoms with van der Waals surface area (Å²) in [6, 6.07) is 0. The highest BCUT2D eigenvalue weighted by Gasteiger charge is 2.41. The molecule has 0 radical (unpaired) electrons. The largest absolute Gasteiger partial charge is 0.355 e. The van der Waals surface area contributed by atoms with Gasteiger partial charge in [-0.05, 0) is 39.1 Å². The van der Waals surface area contributed by atoms with E-state index in [0.29, 0.717) is 26.3 Å². The maximum absolute atomic E-state index is 12.2. The Bertz CT molecular complexity index is 382. The maximum atomic E-state index is 12.2. The molecule has 0 unspecified atom stereocenters. The monoisotopic (exact) mass is 298 g/mol. The first-order valence-electron chi connectivity index (χ1n) is 7.47. The topological polar surface area (TPSA) is 96.3 Å². The number of amides is 1. The Morgan fingerprint density at radius 2 is 1.81 bits per heavy atom. The van der Waals surface area contributed by atoms with Crippen LogP contribution in [0.4, 0.5) is 0 Å². The van der Waals surface area contributed by atoms with Gasteiger partial charge in [0.05, 0.1) is 18.6 Å². The molecule has 0 spiro atoms. The van der Waals surface area contributed by atoms with Crippen LogP contribution in [0.3, 0.4) is 0 Å². The molecule has 1 heterocycles. The van der Waals surface area contributed by atoms with Crippen molar-refractivity contribution in [3.8, 4) is 0 Å². The first-order chi connectivity index (χ1) is 9.90. The van der Waals surface area contributed by atoms with E-state index in [9.17, 15) is 4.79 Å². The number of hydrogen-bond donors (Lipinski definition) is 1. The first-order valence-corrected chi connectivity index (χ1v) is 7.47. The van der Waals surface area contributed by atoms with Crippen molar-refractivity contribution in [3.05, 3.63) is 10.4 Å². The molecule has 1 rings (SSSR count). The third-order valence-electron chi connectivity index (χ3n) is 3.56. The summed E-state index contributed by atoms with van der Waals surface area (Å²) in [4.78, 5) is 14.9. The minimum atomic E-state index is -0.614. The summed E-state index contributed by atoms with van der Waals surface area (Å²) in [5.74, 6) is -0.627. The fourth-order valence-electron chi connectivity index (χ4n) is 2.00. The number of unbranched alkanes of at least 4 members (excludes halogenated alkanes) is 3. The van der Waals surface area contributed by atoms with Gasteiger partial charge >= 0.3 is 0 Å². The van der Waals surface area contributed by atoms with Crippen molar-refractivity contribution in [1.29, 1.82) is 0 Å². The molecule has 7 nitrogen and oxygen atoms in total. The van der Waals surface area contributed by atoms with Gasteiger partial charge in [-0.25, -0.2) is 0 Å². The molecule has 1 N–H and O–H groups in total. The smallest absolute Gasteiger partial charge is 0.230 e. The minimum Gasteiger partial charge on any atom is -0.355 e. The van der Waals surface area contributed by atoms with E-state index in [1.807, 2.05) is 20.8 Å². The van der Waals surface area contributed by atoms with Gasteiger partial charge in [-0.2, -0.15) is 0 Å². The molecule has 1 amide bonds. The van der Waals surface area contributed by atoms with E-state index in [-0.39, 0.29) is 5.91 Å². The number of carbonyl (C=O) groups excluding carboxylic acids is 1. The van der Waals surface area contributed by atoms with Crippen molar-refractivity contribution in [1.82, 2.24) is 5.32 Å². The SMILES string of the molecule is CC1(C)OCC(C)(C(=O)NCCCCCCN=[N+]=[N-])CO1. The van der Waals surface area contributed by atoms with E-state index in [0.717, 1.165) is 25.7 Å². The number of carbonyl (C=O) groups is 1. The molecule has 1 aliphatic rings. The van der Waals surface area contributed by atoms with E-state index in [2.05, 4.69) is 15.3 Å². The van der Waals surface area contributed by atoms with Crippen LogP contribution >= 0.6 is 0 Å². The van der Waals surface area contributed by atoms with E-state index in [4.69, 9.17) is 15.0 Å². The van der Waals surface area contributed by atoms with Gasteiger partial charge in [0.1, 0.15) is 0 Å². The van der Waals surface area contributed by atoms with Gasteiger partial charge in [0.15, 0.2) is 5.79 Å². The molecule has 0 aliphatic carbocycles. The molecular weight excluding hydrogens is 272 g/mol. The summed E-state index contributed by atoms with van der Waals surface area (Å²) in [6.07, 6.45) is 3.84. The second-order valence-corrected chi connectivity index (χ2v) is 6.16. The molecule has 1 aliphatic heterocycles. The third-order valence-corrected chi connectivity index (χ3v) is 3.56. The van der Waals surface area contributed by atoms with Gasteiger partial charge in [0.25, 0.3) is 0 Å². The van der Waals surface area contributed by atoms with Gasteiger partial charge in [-0.15, -0.1) is 0 Å². The summed E-state index contributed by atoms with van der Waals surface area (Å²) in [6.45, 7) is 7.50. The Balaban J connectivity index is 2.15. The zero-order valence-corrected chi connectivity index (χ0v) is 13.2. The van der Waals surface area contributed by atoms with Crippen molar-refractivity contribution in [2.45, 2.75) is 52.2 Å². The zero-order valence-electron chi connectivity index (χ0n) is 13.2. The molecule has 120 valence electrons. The van der Waals surface area contributed by atoms with Crippen molar-refractivity contribution in [2.24, 2.45) is 10.5 Å². The molecule has 1 saturated heterocycles. The van der Waals surface area contributed by atoms with Gasteiger partial charge in [0, 0.05) is 18.0 Å². The maximum Gasteiger partial charge on any atom is 0.230 e. The molecule has 7 heteroatoms. The fraction of sp³-hybridized carbons (Fsp3) is 0.929.